The molecule has 3 atom stereocenters. The van der Waals surface area contributed by atoms with E-state index in [2.05, 4.69) is 13.0 Å². The topological polar surface area (TPSA) is 40.5 Å². The average molecular weight is 294 g/mol. The molecule has 22 heavy (non-hydrogen) atoms. The minimum absolute atomic E-state index is 0.0730. The fraction of sp³-hybridized carbons (Fsp3) is 0.579. The highest BCUT2D eigenvalue weighted by Crippen LogP contribution is 2.63. The highest BCUT2D eigenvalue weighted by molar-refractivity contribution is 6.18. The molecule has 3 heteroatoms. The maximum Gasteiger partial charge on any atom is 0.115 e. The number of benzene rings is 1. The third kappa shape index (κ3) is 1.78. The van der Waals surface area contributed by atoms with Crippen LogP contribution in [0.15, 0.2) is 29.3 Å². The largest absolute Gasteiger partial charge is 0.508 e. The lowest BCUT2D eigenvalue weighted by molar-refractivity contribution is 0.179. The van der Waals surface area contributed by atoms with Gasteiger partial charge in [-0.1, -0.05) is 30.6 Å². The maximum absolute atomic E-state index is 10.2. The summed E-state index contributed by atoms with van der Waals surface area (Å²) >= 11 is 0. The van der Waals surface area contributed by atoms with Gasteiger partial charge in [-0.2, -0.15) is 0 Å². The van der Waals surface area contributed by atoms with Crippen molar-refractivity contribution in [1.29, 1.82) is 0 Å². The second kappa shape index (κ2) is 4.64. The Hall–Kier alpha value is -1.22. The van der Waals surface area contributed by atoms with Crippen molar-refractivity contribution in [3.05, 3.63) is 40.5 Å². The van der Waals surface area contributed by atoms with E-state index >= 15 is 0 Å². The highest BCUT2D eigenvalue weighted by atomic mass is 16.3. The third-order valence-corrected chi connectivity index (χ3v) is 6.43. The van der Waals surface area contributed by atoms with E-state index in [1.807, 2.05) is 12.1 Å². The van der Waals surface area contributed by atoms with E-state index < -0.39 is 0 Å². The van der Waals surface area contributed by atoms with E-state index in [9.17, 15) is 10.2 Å². The summed E-state index contributed by atoms with van der Waals surface area (Å²) in [6.07, 6.45) is 6.26. The van der Waals surface area contributed by atoms with E-state index in [0.29, 0.717) is 12.2 Å². The molecule has 114 valence electrons. The van der Waals surface area contributed by atoms with Crippen LogP contribution in [0.4, 0.5) is 0 Å². The van der Waals surface area contributed by atoms with Crippen molar-refractivity contribution in [1.82, 2.24) is 0 Å². The van der Waals surface area contributed by atoms with Gasteiger partial charge in [0, 0.05) is 5.41 Å². The summed E-state index contributed by atoms with van der Waals surface area (Å²) in [7, 11) is 6.66. The zero-order chi connectivity index (χ0) is 15.5. The Morgan fingerprint density at radius 3 is 2.82 bits per heavy atom. The first-order valence-corrected chi connectivity index (χ1v) is 8.51. The first-order valence-electron chi connectivity index (χ1n) is 8.51. The van der Waals surface area contributed by atoms with Gasteiger partial charge in [0.25, 0.3) is 0 Å². The van der Waals surface area contributed by atoms with Gasteiger partial charge in [-0.3, -0.25) is 0 Å². The molecule has 0 heterocycles. The molecule has 0 bridgehead atoms. The number of hydrogen-bond donors (Lipinski definition) is 2. The van der Waals surface area contributed by atoms with Gasteiger partial charge in [-0.15, -0.1) is 0 Å². The number of aryl methyl sites for hydroxylation is 1. The Morgan fingerprint density at radius 1 is 1.23 bits per heavy atom. The summed E-state index contributed by atoms with van der Waals surface area (Å²) in [5, 5.41) is 19.7. The van der Waals surface area contributed by atoms with E-state index in [1.54, 1.807) is 0 Å². The van der Waals surface area contributed by atoms with Gasteiger partial charge in [0.05, 0.1) is 14.0 Å². The Labute approximate surface area is 133 Å². The molecule has 1 aromatic carbocycles. The molecular formula is C19H23BO2. The first kappa shape index (κ1) is 14.4. The molecule has 2 radical (unpaired) electrons. The fourth-order valence-corrected chi connectivity index (χ4v) is 5.39. The van der Waals surface area contributed by atoms with E-state index in [-0.39, 0.29) is 16.8 Å². The molecule has 0 spiro atoms. The summed E-state index contributed by atoms with van der Waals surface area (Å²) in [6, 6.07) is 5.86. The van der Waals surface area contributed by atoms with Crippen LogP contribution in [0.3, 0.4) is 0 Å². The number of allylic oxidation sites excluding steroid dienone is 1. The van der Waals surface area contributed by atoms with Crippen molar-refractivity contribution in [2.24, 2.45) is 0 Å². The van der Waals surface area contributed by atoms with Gasteiger partial charge in [0.1, 0.15) is 5.75 Å². The van der Waals surface area contributed by atoms with Crippen molar-refractivity contribution in [2.75, 3.05) is 0 Å². The Kier molecular flexibility index (Phi) is 3.03. The van der Waals surface area contributed by atoms with Crippen LogP contribution < -0.4 is 0 Å². The summed E-state index contributed by atoms with van der Waals surface area (Å²) in [5.41, 5.74) is 5.58. The van der Waals surface area contributed by atoms with Crippen LogP contribution in [0.25, 0.3) is 0 Å². The van der Waals surface area contributed by atoms with E-state index in [1.165, 1.54) is 22.3 Å². The van der Waals surface area contributed by atoms with E-state index in [0.717, 1.165) is 38.5 Å². The standard InChI is InChI=1S/C19H23BO2/c1-2-18-7-8-19(20)11-14(22)10-17(19)16(18)5-3-12-9-13(21)4-6-15(12)18/h4,6,9,14,21-22H,2-3,5,7-8,10-11H2,1H3/t14?,18?,19-/m1/s1. The molecule has 3 aliphatic rings. The number of aromatic hydroxyl groups is 1. The molecule has 4 rings (SSSR count). The van der Waals surface area contributed by atoms with Gasteiger partial charge in [-0.25, -0.2) is 0 Å². The molecule has 0 saturated heterocycles. The highest BCUT2D eigenvalue weighted by Gasteiger charge is 2.50. The molecule has 2 nitrogen and oxygen atoms in total. The van der Waals surface area contributed by atoms with Gasteiger partial charge in [0.15, 0.2) is 0 Å². The lowest BCUT2D eigenvalue weighted by atomic mass is 9.49. The minimum atomic E-state index is -0.277. The molecule has 2 unspecified atom stereocenters. The lowest BCUT2D eigenvalue weighted by Gasteiger charge is -2.50. The third-order valence-electron chi connectivity index (χ3n) is 6.43. The molecule has 3 aliphatic carbocycles. The van der Waals surface area contributed by atoms with Crippen molar-refractivity contribution < 1.29 is 10.2 Å². The summed E-state index contributed by atoms with van der Waals surface area (Å²) < 4.78 is 0. The number of fused-ring (bicyclic) bond motifs is 4. The first-order chi connectivity index (χ1) is 10.5. The van der Waals surface area contributed by atoms with Crippen LogP contribution in [0.1, 0.15) is 56.6 Å². The fourth-order valence-electron chi connectivity index (χ4n) is 5.39. The van der Waals surface area contributed by atoms with Gasteiger partial charge in [-0.05, 0) is 67.1 Å². The second-order valence-corrected chi connectivity index (χ2v) is 7.45. The van der Waals surface area contributed by atoms with Crippen LogP contribution in [0.2, 0.25) is 5.31 Å². The van der Waals surface area contributed by atoms with Crippen LogP contribution in [0, 0.1) is 0 Å². The molecule has 1 saturated carbocycles. The second-order valence-electron chi connectivity index (χ2n) is 7.45. The Bertz CT molecular complexity index is 665. The smallest absolute Gasteiger partial charge is 0.115 e. The Balaban J connectivity index is 1.93. The normalized spacial score (nSPS) is 36.7. The number of rotatable bonds is 1. The van der Waals surface area contributed by atoms with Gasteiger partial charge in [0.2, 0.25) is 0 Å². The quantitative estimate of drug-likeness (QED) is 0.614. The zero-order valence-corrected chi connectivity index (χ0v) is 13.2. The average Bonchev–Trinajstić information content (AvgIpc) is 2.80. The molecule has 2 N–H and O–H groups in total. The van der Waals surface area contributed by atoms with Crippen LogP contribution in [-0.4, -0.2) is 24.2 Å². The van der Waals surface area contributed by atoms with Crippen molar-refractivity contribution in [3.63, 3.8) is 0 Å². The van der Waals surface area contributed by atoms with Crippen LogP contribution in [-0.2, 0) is 11.8 Å². The van der Waals surface area contributed by atoms with Crippen LogP contribution in [0.5, 0.6) is 5.75 Å². The predicted octanol–water partition coefficient (Wildman–Crippen LogP) is 3.56. The molecule has 0 aliphatic heterocycles. The molecular weight excluding hydrogens is 271 g/mol. The predicted molar refractivity (Wildman–Crippen MR) is 88.3 cm³/mol. The molecule has 0 aromatic heterocycles. The number of hydrogen-bond acceptors (Lipinski definition) is 2. The minimum Gasteiger partial charge on any atom is -0.508 e. The number of phenols is 1. The summed E-state index contributed by atoms with van der Waals surface area (Å²) in [6.45, 7) is 2.26. The lowest BCUT2D eigenvalue weighted by Crippen LogP contribution is -2.39. The summed E-state index contributed by atoms with van der Waals surface area (Å²) in [4.78, 5) is 0. The van der Waals surface area contributed by atoms with Gasteiger partial charge < -0.3 is 10.2 Å². The molecule has 1 aromatic rings. The number of phenolic OH excluding ortho intramolecular Hbond substituents is 1. The number of aliphatic hydroxyl groups excluding tert-OH is 1. The maximum atomic E-state index is 10.2. The molecule has 0 amide bonds. The monoisotopic (exact) mass is 294 g/mol. The van der Waals surface area contributed by atoms with Crippen molar-refractivity contribution >= 4 is 7.85 Å². The summed E-state index contributed by atoms with van der Waals surface area (Å²) in [5.74, 6) is 0.362. The van der Waals surface area contributed by atoms with E-state index in [4.69, 9.17) is 7.85 Å². The van der Waals surface area contributed by atoms with Crippen LogP contribution >= 0.6 is 0 Å². The van der Waals surface area contributed by atoms with Gasteiger partial charge >= 0.3 is 0 Å². The van der Waals surface area contributed by atoms with Crippen molar-refractivity contribution in [3.8, 4) is 5.75 Å². The number of aliphatic hydroxyl groups is 1. The molecule has 1 fully saturated rings. The van der Waals surface area contributed by atoms with Crippen molar-refractivity contribution in [2.45, 2.75) is 68.7 Å². The zero-order valence-electron chi connectivity index (χ0n) is 13.2. The Morgan fingerprint density at radius 2 is 2.05 bits per heavy atom. The SMILES string of the molecule is [B][C@@]12CCC3(CC)C(=C1CC(O)C2)CCc1cc(O)ccc13.